The first-order chi connectivity index (χ1) is 12.6. The average Bonchev–Trinajstić information content (AvgIpc) is 3.03. The van der Waals surface area contributed by atoms with E-state index in [0.29, 0.717) is 44.0 Å². The summed E-state index contributed by atoms with van der Waals surface area (Å²) in [5, 5.41) is 14.4. The van der Waals surface area contributed by atoms with E-state index in [-0.39, 0.29) is 6.61 Å². The third kappa shape index (κ3) is 2.84. The lowest BCUT2D eigenvalue weighted by molar-refractivity contribution is 0.282. The molecule has 1 aliphatic heterocycles. The van der Waals surface area contributed by atoms with Crippen LogP contribution >= 0.6 is 27.5 Å². The van der Waals surface area contributed by atoms with Crippen LogP contribution in [0.15, 0.2) is 58.8 Å². The first-order valence-corrected chi connectivity index (χ1v) is 8.81. The number of pyridine rings is 1. The lowest BCUT2D eigenvalue weighted by Crippen LogP contribution is -2.16. The van der Waals surface area contributed by atoms with Crippen LogP contribution < -0.4 is 0 Å². The van der Waals surface area contributed by atoms with Gasteiger partial charge in [-0.15, -0.1) is 0 Å². The predicted octanol–water partition coefficient (Wildman–Crippen LogP) is 4.25. The number of rotatable bonds is 3. The van der Waals surface area contributed by atoms with Gasteiger partial charge in [-0.2, -0.15) is 5.10 Å². The minimum absolute atomic E-state index is 0.137. The van der Waals surface area contributed by atoms with Crippen molar-refractivity contribution < 1.29 is 9.84 Å². The normalized spacial score (nSPS) is 13.2. The van der Waals surface area contributed by atoms with Gasteiger partial charge in [-0.25, -0.2) is 14.7 Å². The molecular formula is C18H12BrClN4O2. The number of hydrogen-bond donors (Lipinski definition) is 1. The van der Waals surface area contributed by atoms with E-state index >= 15 is 0 Å². The molecule has 0 saturated carbocycles. The van der Waals surface area contributed by atoms with Crippen molar-refractivity contribution in [1.82, 2.24) is 14.8 Å². The second-order valence-electron chi connectivity index (χ2n) is 5.49. The molecule has 26 heavy (non-hydrogen) atoms. The zero-order chi connectivity index (χ0) is 18.3. The molecule has 1 aliphatic rings. The van der Waals surface area contributed by atoms with E-state index in [4.69, 9.17) is 16.3 Å². The molecular weight excluding hydrogens is 420 g/mol. The molecule has 0 aliphatic carbocycles. The first-order valence-electron chi connectivity index (χ1n) is 7.64. The Kier molecular flexibility index (Phi) is 4.36. The summed E-state index contributed by atoms with van der Waals surface area (Å²) in [5.74, 6) is 1.19. The van der Waals surface area contributed by atoms with Crippen LogP contribution in [-0.2, 0) is 11.3 Å². The number of hydrogen-bond acceptors (Lipinski definition) is 5. The van der Waals surface area contributed by atoms with Crippen molar-refractivity contribution in [3.8, 4) is 5.82 Å². The zero-order valence-corrected chi connectivity index (χ0v) is 15.7. The number of para-hydroxylation sites is 1. The smallest absolute Gasteiger partial charge is 0.246 e. The molecule has 0 radical (unpaired) electrons. The monoisotopic (exact) mass is 430 g/mol. The summed E-state index contributed by atoms with van der Waals surface area (Å²) in [4.78, 5) is 8.88. The summed E-state index contributed by atoms with van der Waals surface area (Å²) in [7, 11) is 0. The number of fused-ring (bicyclic) bond motifs is 1. The standard InChI is InChI=1S/C18H12BrClN4O2/c1-10-12-5-2-4-11(9-25)16(12)22-18(26-10)14-8-15(19)23-24(14)17-13(20)6-3-7-21-17/h2-8,25H,1,9H2. The summed E-state index contributed by atoms with van der Waals surface area (Å²) in [6, 6.07) is 10.7. The first kappa shape index (κ1) is 17.0. The Labute approximate surface area is 162 Å². The molecule has 0 amide bonds. The van der Waals surface area contributed by atoms with Gasteiger partial charge in [-0.05, 0) is 34.1 Å². The topological polar surface area (TPSA) is 72.5 Å². The van der Waals surface area contributed by atoms with Crippen molar-refractivity contribution in [2.45, 2.75) is 6.61 Å². The largest absolute Gasteiger partial charge is 0.437 e. The van der Waals surface area contributed by atoms with Crippen molar-refractivity contribution in [3.63, 3.8) is 0 Å². The molecule has 1 aromatic carbocycles. The van der Waals surface area contributed by atoms with E-state index in [2.05, 4.69) is 37.6 Å². The van der Waals surface area contributed by atoms with Gasteiger partial charge in [0, 0.05) is 23.4 Å². The van der Waals surface area contributed by atoms with Gasteiger partial charge in [-0.3, -0.25) is 0 Å². The van der Waals surface area contributed by atoms with Crippen molar-refractivity contribution >= 4 is 44.9 Å². The summed E-state index contributed by atoms with van der Waals surface area (Å²) >= 11 is 9.64. The maximum Gasteiger partial charge on any atom is 0.246 e. The van der Waals surface area contributed by atoms with Gasteiger partial charge in [0.1, 0.15) is 16.1 Å². The number of aromatic nitrogens is 3. The number of aliphatic hydroxyl groups is 1. The third-order valence-electron chi connectivity index (χ3n) is 3.86. The third-order valence-corrected chi connectivity index (χ3v) is 4.54. The molecule has 130 valence electrons. The highest BCUT2D eigenvalue weighted by Gasteiger charge is 2.25. The Hall–Kier alpha value is -2.48. The lowest BCUT2D eigenvalue weighted by atomic mass is 10.1. The minimum Gasteiger partial charge on any atom is -0.437 e. The molecule has 3 heterocycles. The summed E-state index contributed by atoms with van der Waals surface area (Å²) in [6.45, 7) is 3.83. The number of halogens is 2. The zero-order valence-electron chi connectivity index (χ0n) is 13.4. The molecule has 0 atom stereocenters. The van der Waals surface area contributed by atoms with E-state index in [9.17, 15) is 5.11 Å². The number of aliphatic imine (C=N–C) groups is 1. The molecule has 6 nitrogen and oxygen atoms in total. The van der Waals surface area contributed by atoms with Crippen molar-refractivity contribution in [3.05, 3.63) is 75.6 Å². The molecule has 8 heteroatoms. The number of benzene rings is 1. The number of nitrogens with zero attached hydrogens (tertiary/aromatic N) is 4. The Morgan fingerprint density at radius 2 is 2.12 bits per heavy atom. The van der Waals surface area contributed by atoms with Gasteiger partial charge in [0.25, 0.3) is 0 Å². The summed E-state index contributed by atoms with van der Waals surface area (Å²) in [5.41, 5.74) is 2.60. The maximum atomic E-state index is 9.62. The average molecular weight is 432 g/mol. The van der Waals surface area contributed by atoms with E-state index in [1.807, 2.05) is 12.1 Å². The number of ether oxygens (including phenoxy) is 1. The van der Waals surface area contributed by atoms with Gasteiger partial charge in [-0.1, -0.05) is 30.3 Å². The van der Waals surface area contributed by atoms with Crippen molar-refractivity contribution in [2.75, 3.05) is 0 Å². The quantitative estimate of drug-likeness (QED) is 0.673. The molecule has 3 aromatic rings. The lowest BCUT2D eigenvalue weighted by Gasteiger charge is -2.20. The highest BCUT2D eigenvalue weighted by molar-refractivity contribution is 9.10. The molecule has 0 fully saturated rings. The van der Waals surface area contributed by atoms with Crippen LogP contribution in [0.1, 0.15) is 16.8 Å². The van der Waals surface area contributed by atoms with Crippen LogP contribution in [0.3, 0.4) is 0 Å². The summed E-state index contributed by atoms with van der Waals surface area (Å²) < 4.78 is 7.96. The molecule has 1 N–H and O–H groups in total. The van der Waals surface area contributed by atoms with Gasteiger partial charge in [0.05, 0.1) is 17.3 Å². The fourth-order valence-corrected chi connectivity index (χ4v) is 3.26. The van der Waals surface area contributed by atoms with Crippen LogP contribution in [-0.4, -0.2) is 25.8 Å². The summed E-state index contributed by atoms with van der Waals surface area (Å²) in [6.07, 6.45) is 1.63. The van der Waals surface area contributed by atoms with Crippen molar-refractivity contribution in [1.29, 1.82) is 0 Å². The Bertz CT molecular complexity index is 1060. The van der Waals surface area contributed by atoms with Crippen LogP contribution in [0, 0.1) is 0 Å². The van der Waals surface area contributed by atoms with Crippen LogP contribution in [0.4, 0.5) is 5.69 Å². The highest BCUT2D eigenvalue weighted by atomic mass is 79.9. The van der Waals surface area contributed by atoms with Gasteiger partial charge in [0.2, 0.25) is 5.90 Å². The van der Waals surface area contributed by atoms with E-state index in [0.717, 1.165) is 5.56 Å². The van der Waals surface area contributed by atoms with Gasteiger partial charge < -0.3 is 9.84 Å². The van der Waals surface area contributed by atoms with Crippen LogP contribution in [0.5, 0.6) is 0 Å². The van der Waals surface area contributed by atoms with E-state index in [1.54, 1.807) is 35.1 Å². The van der Waals surface area contributed by atoms with Crippen molar-refractivity contribution in [2.24, 2.45) is 4.99 Å². The van der Waals surface area contributed by atoms with E-state index < -0.39 is 0 Å². The Balaban J connectivity index is 1.91. The molecule has 0 unspecified atom stereocenters. The molecule has 2 aromatic heterocycles. The van der Waals surface area contributed by atoms with Gasteiger partial charge in [0.15, 0.2) is 5.82 Å². The SMILES string of the molecule is C=C1OC(c2cc(Br)nn2-c2ncccc2Cl)=Nc2c(CO)cccc21. The van der Waals surface area contributed by atoms with Crippen LogP contribution in [0.2, 0.25) is 5.02 Å². The Morgan fingerprint density at radius 1 is 1.27 bits per heavy atom. The molecule has 4 rings (SSSR count). The van der Waals surface area contributed by atoms with Crippen LogP contribution in [0.25, 0.3) is 11.6 Å². The number of aliphatic hydroxyl groups excluding tert-OH is 1. The second-order valence-corrected chi connectivity index (χ2v) is 6.71. The fourth-order valence-electron chi connectivity index (χ4n) is 2.68. The fraction of sp³-hybridized carbons (Fsp3) is 0.0556. The molecule has 0 bridgehead atoms. The predicted molar refractivity (Wildman–Crippen MR) is 103 cm³/mol. The van der Waals surface area contributed by atoms with E-state index in [1.165, 1.54) is 0 Å². The van der Waals surface area contributed by atoms with Gasteiger partial charge >= 0.3 is 0 Å². The maximum absolute atomic E-state index is 9.62. The molecule has 0 spiro atoms. The highest BCUT2D eigenvalue weighted by Crippen LogP contribution is 2.36. The molecule has 0 saturated heterocycles. The second kappa shape index (κ2) is 6.68. The Morgan fingerprint density at radius 3 is 2.88 bits per heavy atom. The minimum atomic E-state index is -0.137.